The number of fused-ring (bicyclic) bond motifs is 2. The molecule has 2 heterocycles. The second-order valence-corrected chi connectivity index (χ2v) is 11.1. The van der Waals surface area contributed by atoms with E-state index in [4.69, 9.17) is 9.72 Å². The van der Waals surface area contributed by atoms with Gasteiger partial charge in [-0.15, -0.1) is 0 Å². The highest BCUT2D eigenvalue weighted by molar-refractivity contribution is 7.89. The van der Waals surface area contributed by atoms with Gasteiger partial charge in [-0.3, -0.25) is 4.79 Å². The van der Waals surface area contributed by atoms with E-state index in [9.17, 15) is 13.2 Å². The molecule has 0 saturated carbocycles. The summed E-state index contributed by atoms with van der Waals surface area (Å²) < 4.78 is 34.9. The molecule has 0 atom stereocenters. The molecule has 1 fully saturated rings. The molecule has 0 unspecified atom stereocenters. The molecule has 2 aliphatic rings. The highest BCUT2D eigenvalue weighted by Crippen LogP contribution is 2.28. The van der Waals surface area contributed by atoms with Crippen molar-refractivity contribution >= 4 is 32.7 Å². The largest absolute Gasteiger partial charge is 0.379 e. The van der Waals surface area contributed by atoms with Crippen molar-refractivity contribution in [3.63, 3.8) is 0 Å². The molecule has 0 bridgehead atoms. The molecule has 186 valence electrons. The van der Waals surface area contributed by atoms with E-state index >= 15 is 0 Å². The monoisotopic (exact) mass is 496 g/mol. The van der Waals surface area contributed by atoms with Gasteiger partial charge in [0.25, 0.3) is 0 Å². The van der Waals surface area contributed by atoms with Crippen LogP contribution in [0.5, 0.6) is 0 Å². The average Bonchev–Trinajstić information content (AvgIpc) is 3.25. The van der Waals surface area contributed by atoms with Gasteiger partial charge in [0.15, 0.2) is 0 Å². The van der Waals surface area contributed by atoms with E-state index in [1.807, 2.05) is 25.1 Å². The fourth-order valence-corrected chi connectivity index (χ4v) is 6.56. The van der Waals surface area contributed by atoms with Crippen LogP contribution >= 0.6 is 0 Å². The predicted octanol–water partition coefficient (Wildman–Crippen LogP) is 3.53. The quantitative estimate of drug-likeness (QED) is 0.540. The van der Waals surface area contributed by atoms with Gasteiger partial charge >= 0.3 is 0 Å². The lowest BCUT2D eigenvalue weighted by Gasteiger charge is -2.26. The smallest absolute Gasteiger partial charge is 0.243 e. The van der Waals surface area contributed by atoms with Crippen LogP contribution in [0.3, 0.4) is 0 Å². The van der Waals surface area contributed by atoms with E-state index in [0.717, 1.165) is 36.3 Å². The van der Waals surface area contributed by atoms with Crippen molar-refractivity contribution < 1.29 is 17.9 Å². The zero-order valence-corrected chi connectivity index (χ0v) is 20.9. The maximum absolute atomic E-state index is 13.1. The molecule has 9 heteroatoms. The number of nitrogens with zero attached hydrogens (tertiary/aromatic N) is 3. The van der Waals surface area contributed by atoms with E-state index < -0.39 is 10.0 Å². The van der Waals surface area contributed by atoms with Crippen molar-refractivity contribution in [3.8, 4) is 0 Å². The number of hydrogen-bond acceptors (Lipinski definition) is 5. The lowest BCUT2D eigenvalue weighted by molar-refractivity contribution is -0.116. The fourth-order valence-electron chi connectivity index (χ4n) is 5.14. The first-order chi connectivity index (χ1) is 17.0. The maximum Gasteiger partial charge on any atom is 0.243 e. The van der Waals surface area contributed by atoms with Gasteiger partial charge < -0.3 is 14.6 Å². The molecule has 1 amide bonds. The van der Waals surface area contributed by atoms with Gasteiger partial charge in [-0.1, -0.05) is 12.1 Å². The number of benzene rings is 2. The van der Waals surface area contributed by atoms with Crippen molar-refractivity contribution in [1.29, 1.82) is 0 Å². The third-order valence-corrected chi connectivity index (χ3v) is 8.86. The van der Waals surface area contributed by atoms with Crippen LogP contribution in [0.15, 0.2) is 41.3 Å². The minimum atomic E-state index is -3.59. The standard InChI is InChI=1S/C26H32N4O4S/c1-2-30-24-11-10-20(35(32,33)29-14-16-34-17-15-29)18-23(24)27-25(30)12-13-26(31)28-22-9-5-7-19-6-3-4-8-21(19)22/h5,7,9-11,18H,2-4,6,8,12-17H2,1H3,(H,28,31). The molecule has 0 spiro atoms. The van der Waals surface area contributed by atoms with Crippen LogP contribution in [0.25, 0.3) is 11.0 Å². The van der Waals surface area contributed by atoms with Crippen molar-refractivity contribution in [2.45, 2.75) is 56.9 Å². The molecular weight excluding hydrogens is 464 g/mol. The summed E-state index contributed by atoms with van der Waals surface area (Å²) in [6.45, 7) is 4.24. The van der Waals surface area contributed by atoms with Crippen LogP contribution < -0.4 is 5.32 Å². The zero-order valence-electron chi connectivity index (χ0n) is 20.1. The molecule has 5 rings (SSSR count). The predicted molar refractivity (Wildman–Crippen MR) is 135 cm³/mol. The number of aryl methyl sites for hydroxylation is 3. The zero-order chi connectivity index (χ0) is 24.4. The Hall–Kier alpha value is -2.75. The van der Waals surface area contributed by atoms with Gasteiger partial charge in [0, 0.05) is 38.2 Å². The summed E-state index contributed by atoms with van der Waals surface area (Å²) in [6.07, 6.45) is 5.23. The maximum atomic E-state index is 13.1. The number of morpholine rings is 1. The summed E-state index contributed by atoms with van der Waals surface area (Å²) in [7, 11) is -3.59. The molecule has 0 radical (unpaired) electrons. The number of anilines is 1. The van der Waals surface area contributed by atoms with Crippen molar-refractivity contribution in [3.05, 3.63) is 53.3 Å². The summed E-state index contributed by atoms with van der Waals surface area (Å²) >= 11 is 0. The van der Waals surface area contributed by atoms with E-state index in [-0.39, 0.29) is 10.8 Å². The Morgan fingerprint density at radius 3 is 2.71 bits per heavy atom. The van der Waals surface area contributed by atoms with Gasteiger partial charge in [-0.05, 0) is 68.0 Å². The van der Waals surface area contributed by atoms with Crippen LogP contribution in [-0.4, -0.2) is 54.5 Å². The Morgan fingerprint density at radius 2 is 1.91 bits per heavy atom. The number of hydrogen-bond donors (Lipinski definition) is 1. The second kappa shape index (κ2) is 10.1. The number of rotatable bonds is 7. The summed E-state index contributed by atoms with van der Waals surface area (Å²) in [5, 5.41) is 3.11. The normalized spacial score (nSPS) is 16.8. The van der Waals surface area contributed by atoms with Gasteiger partial charge in [-0.2, -0.15) is 4.31 Å². The number of imidazole rings is 1. The number of carbonyl (C=O) groups excluding carboxylic acids is 1. The van der Waals surface area contributed by atoms with Crippen LogP contribution in [0.1, 0.15) is 43.1 Å². The van der Waals surface area contributed by atoms with Crippen LogP contribution in [0.2, 0.25) is 0 Å². The Morgan fingerprint density at radius 1 is 1.11 bits per heavy atom. The Balaban J connectivity index is 1.32. The van der Waals surface area contributed by atoms with E-state index in [1.165, 1.54) is 21.9 Å². The van der Waals surface area contributed by atoms with E-state index in [1.54, 1.807) is 12.1 Å². The topological polar surface area (TPSA) is 93.5 Å². The summed E-state index contributed by atoms with van der Waals surface area (Å²) in [5.41, 5.74) is 5.04. The first-order valence-corrected chi connectivity index (χ1v) is 13.9. The molecule has 8 nitrogen and oxygen atoms in total. The molecule has 1 saturated heterocycles. The van der Waals surface area contributed by atoms with Gasteiger partial charge in [0.05, 0.1) is 29.1 Å². The van der Waals surface area contributed by atoms with Crippen molar-refractivity contribution in [2.24, 2.45) is 0 Å². The summed E-state index contributed by atoms with van der Waals surface area (Å²) in [6, 6.07) is 11.3. The molecular formula is C26H32N4O4S. The second-order valence-electron chi connectivity index (χ2n) is 9.14. The van der Waals surface area contributed by atoms with Crippen molar-refractivity contribution in [1.82, 2.24) is 13.9 Å². The van der Waals surface area contributed by atoms with Gasteiger partial charge in [0.1, 0.15) is 5.82 Å². The molecule has 1 aromatic heterocycles. The lowest BCUT2D eigenvalue weighted by Crippen LogP contribution is -2.40. The Kier molecular flexibility index (Phi) is 6.91. The fraction of sp³-hybridized carbons (Fsp3) is 0.462. The number of nitrogens with one attached hydrogen (secondary N) is 1. The molecule has 1 aliphatic carbocycles. The minimum absolute atomic E-state index is 0.0331. The highest BCUT2D eigenvalue weighted by atomic mass is 32.2. The van der Waals surface area contributed by atoms with Gasteiger partial charge in [0.2, 0.25) is 15.9 Å². The first kappa shape index (κ1) is 24.0. The molecule has 3 aromatic rings. The van der Waals surface area contributed by atoms with E-state index in [0.29, 0.717) is 51.2 Å². The highest BCUT2D eigenvalue weighted by Gasteiger charge is 2.27. The Labute approximate surface area is 206 Å². The number of amides is 1. The average molecular weight is 497 g/mol. The SMILES string of the molecule is CCn1c(CCC(=O)Nc2cccc3c2CCCC3)nc2cc(S(=O)(=O)N3CCOCC3)ccc21. The number of sulfonamides is 1. The van der Waals surface area contributed by atoms with Gasteiger partial charge in [-0.25, -0.2) is 13.4 Å². The first-order valence-electron chi connectivity index (χ1n) is 12.4. The molecule has 2 aromatic carbocycles. The Bertz CT molecular complexity index is 1340. The van der Waals surface area contributed by atoms with Crippen LogP contribution in [0.4, 0.5) is 5.69 Å². The number of ether oxygens (including phenoxy) is 1. The van der Waals surface area contributed by atoms with Crippen molar-refractivity contribution in [2.75, 3.05) is 31.6 Å². The third kappa shape index (κ3) is 4.85. The minimum Gasteiger partial charge on any atom is -0.379 e. The number of aromatic nitrogens is 2. The lowest BCUT2D eigenvalue weighted by atomic mass is 9.90. The molecule has 1 aliphatic heterocycles. The summed E-state index contributed by atoms with van der Waals surface area (Å²) in [5.74, 6) is 0.753. The third-order valence-electron chi connectivity index (χ3n) is 6.97. The summed E-state index contributed by atoms with van der Waals surface area (Å²) in [4.78, 5) is 17.8. The molecule has 35 heavy (non-hydrogen) atoms. The van der Waals surface area contributed by atoms with E-state index in [2.05, 4.69) is 16.0 Å². The number of carbonyl (C=O) groups is 1. The van der Waals surface area contributed by atoms with Crippen LogP contribution in [-0.2, 0) is 45.4 Å². The van der Waals surface area contributed by atoms with Crippen LogP contribution in [0, 0.1) is 0 Å². The molecule has 1 N–H and O–H groups in total.